The van der Waals surface area contributed by atoms with Crippen molar-refractivity contribution in [3.8, 4) is 11.8 Å². The van der Waals surface area contributed by atoms with Crippen LogP contribution in [-0.2, 0) is 13.1 Å². The Kier molecular flexibility index (Phi) is 5.92. The first-order valence-corrected chi connectivity index (χ1v) is 8.47. The van der Waals surface area contributed by atoms with E-state index in [2.05, 4.69) is 22.0 Å². The van der Waals surface area contributed by atoms with Crippen LogP contribution in [0.2, 0.25) is 0 Å². The van der Waals surface area contributed by atoms with Gasteiger partial charge in [0, 0.05) is 33.4 Å². The molecule has 2 rings (SSSR count). The zero-order valence-corrected chi connectivity index (χ0v) is 15.5. The smallest absolute Gasteiger partial charge is 0.179 e. The molecule has 25 heavy (non-hydrogen) atoms. The van der Waals surface area contributed by atoms with Gasteiger partial charge < -0.3 is 0 Å². The van der Waals surface area contributed by atoms with Crippen molar-refractivity contribution in [3.63, 3.8) is 0 Å². The molecule has 0 saturated heterocycles. The summed E-state index contributed by atoms with van der Waals surface area (Å²) in [6, 6.07) is 1.80. The summed E-state index contributed by atoms with van der Waals surface area (Å²) in [5.74, 6) is 6.21. The monoisotopic (exact) mass is 340 g/mol. The third kappa shape index (κ3) is 4.24. The number of hydrogen-bond donors (Lipinski definition) is 0. The maximum Gasteiger partial charge on any atom is 0.179 e. The normalized spacial score (nSPS) is 10.4. The molecule has 6 heteroatoms. The summed E-state index contributed by atoms with van der Waals surface area (Å²) in [6.07, 6.45) is 1.44. The van der Waals surface area contributed by atoms with Crippen LogP contribution < -0.4 is 0 Å². The molecule has 0 aromatic carbocycles. The van der Waals surface area contributed by atoms with Crippen molar-refractivity contribution >= 4 is 11.6 Å². The number of Topliss-reactive ketones (excluding diaryl/α,β-unsaturated/α-hetero) is 2. The van der Waals surface area contributed by atoms with E-state index in [1.807, 2.05) is 20.8 Å². The van der Waals surface area contributed by atoms with Gasteiger partial charge in [-0.05, 0) is 33.3 Å². The van der Waals surface area contributed by atoms with E-state index in [1.54, 1.807) is 22.4 Å². The maximum atomic E-state index is 11.9. The van der Waals surface area contributed by atoms with Crippen molar-refractivity contribution in [1.29, 1.82) is 0 Å². The molecule has 0 amide bonds. The minimum Gasteiger partial charge on any atom is -0.293 e. The Labute approximate surface area is 148 Å². The molecule has 0 aliphatic heterocycles. The summed E-state index contributed by atoms with van der Waals surface area (Å²) in [6.45, 7) is 10.1. The lowest BCUT2D eigenvalue weighted by Gasteiger charge is -2.02. The summed E-state index contributed by atoms with van der Waals surface area (Å²) >= 11 is 0. The van der Waals surface area contributed by atoms with E-state index in [4.69, 9.17) is 0 Å². The van der Waals surface area contributed by atoms with Crippen LogP contribution in [0.15, 0.2) is 6.07 Å². The average molecular weight is 340 g/mol. The lowest BCUT2D eigenvalue weighted by molar-refractivity contribution is 0.0994. The molecule has 2 heterocycles. The summed E-state index contributed by atoms with van der Waals surface area (Å²) < 4.78 is 3.44. The lowest BCUT2D eigenvalue weighted by Crippen LogP contribution is -2.08. The first kappa shape index (κ1) is 18.7. The summed E-state index contributed by atoms with van der Waals surface area (Å²) in [5, 5.41) is 8.72. The third-order valence-corrected chi connectivity index (χ3v) is 3.91. The molecule has 132 valence electrons. The van der Waals surface area contributed by atoms with Crippen LogP contribution in [-0.4, -0.2) is 31.1 Å². The minimum atomic E-state index is -0.0233. The Morgan fingerprint density at radius 3 is 2.44 bits per heavy atom. The summed E-state index contributed by atoms with van der Waals surface area (Å²) in [7, 11) is 0. The highest BCUT2D eigenvalue weighted by Gasteiger charge is 2.16. The highest BCUT2D eigenvalue weighted by atomic mass is 16.1. The quantitative estimate of drug-likeness (QED) is 0.460. The first-order chi connectivity index (χ1) is 11.8. The van der Waals surface area contributed by atoms with Crippen LogP contribution in [0.5, 0.6) is 0 Å². The second kappa shape index (κ2) is 7.93. The molecule has 0 saturated carbocycles. The van der Waals surface area contributed by atoms with Crippen LogP contribution in [0.25, 0.3) is 0 Å². The molecule has 0 aliphatic rings. The van der Waals surface area contributed by atoms with Crippen LogP contribution in [0.4, 0.5) is 0 Å². The van der Waals surface area contributed by atoms with Gasteiger partial charge in [-0.25, -0.2) is 0 Å². The number of carbonyl (C=O) groups is 2. The fraction of sp³-hybridized carbons (Fsp3) is 0.474. The molecule has 0 aliphatic carbocycles. The van der Waals surface area contributed by atoms with Gasteiger partial charge in [-0.2, -0.15) is 10.2 Å². The topological polar surface area (TPSA) is 69.8 Å². The standard InChI is InChI=1S/C19H24N4O2/c1-6-22-19(16(5)25)17(14(3)21-22)10-8-7-9-11-23-18(15(4)24)12-13(2)20-23/h12H,6-7,9,11H2,1-5H3. The number of nitrogens with zero attached hydrogens (tertiary/aromatic N) is 4. The van der Waals surface area contributed by atoms with Crippen LogP contribution in [0, 0.1) is 25.7 Å². The fourth-order valence-electron chi connectivity index (χ4n) is 2.79. The largest absolute Gasteiger partial charge is 0.293 e. The second-order valence-corrected chi connectivity index (χ2v) is 6.04. The Balaban J connectivity index is 2.06. The number of aromatic nitrogens is 4. The molecule has 2 aromatic heterocycles. The van der Waals surface area contributed by atoms with Crippen molar-refractivity contribution in [2.45, 2.75) is 60.5 Å². The van der Waals surface area contributed by atoms with Gasteiger partial charge in [-0.1, -0.05) is 11.8 Å². The van der Waals surface area contributed by atoms with Crippen molar-refractivity contribution in [1.82, 2.24) is 19.6 Å². The van der Waals surface area contributed by atoms with Gasteiger partial charge >= 0.3 is 0 Å². The van der Waals surface area contributed by atoms with Crippen molar-refractivity contribution in [2.24, 2.45) is 0 Å². The van der Waals surface area contributed by atoms with E-state index in [0.29, 0.717) is 36.5 Å². The molecule has 0 unspecified atom stereocenters. The maximum absolute atomic E-state index is 11.9. The third-order valence-electron chi connectivity index (χ3n) is 3.91. The predicted octanol–water partition coefficient (Wildman–Crippen LogP) is 2.95. The Hall–Kier alpha value is -2.68. The number of ketones is 2. The SMILES string of the molecule is CCn1nc(C)c(C#CCCCn2nc(C)cc2C(C)=O)c1C(C)=O. The van der Waals surface area contributed by atoms with Gasteiger partial charge in [0.05, 0.1) is 17.0 Å². The summed E-state index contributed by atoms with van der Waals surface area (Å²) in [5.41, 5.74) is 3.54. The van der Waals surface area contributed by atoms with Crippen LogP contribution in [0.1, 0.15) is 71.5 Å². The number of unbranched alkanes of at least 4 members (excludes halogenated alkanes) is 1. The minimum absolute atomic E-state index is 0.0142. The van der Waals surface area contributed by atoms with E-state index in [-0.39, 0.29) is 11.6 Å². The Bertz CT molecular complexity index is 862. The Morgan fingerprint density at radius 1 is 1.12 bits per heavy atom. The summed E-state index contributed by atoms with van der Waals surface area (Å²) in [4.78, 5) is 23.5. The van der Waals surface area contributed by atoms with Gasteiger partial charge in [0.1, 0.15) is 11.4 Å². The molecule has 0 bridgehead atoms. The van der Waals surface area contributed by atoms with Gasteiger partial charge in [0.25, 0.3) is 0 Å². The van der Waals surface area contributed by atoms with Crippen molar-refractivity contribution in [3.05, 3.63) is 34.4 Å². The highest BCUT2D eigenvalue weighted by Crippen LogP contribution is 2.14. The van der Waals surface area contributed by atoms with Gasteiger partial charge in [0.15, 0.2) is 11.6 Å². The van der Waals surface area contributed by atoms with E-state index in [1.165, 1.54) is 6.92 Å². The average Bonchev–Trinajstić information content (AvgIpc) is 3.07. The molecular formula is C19H24N4O2. The second-order valence-electron chi connectivity index (χ2n) is 6.04. The molecule has 6 nitrogen and oxygen atoms in total. The highest BCUT2D eigenvalue weighted by molar-refractivity contribution is 5.95. The predicted molar refractivity (Wildman–Crippen MR) is 95.7 cm³/mol. The lowest BCUT2D eigenvalue weighted by atomic mass is 10.1. The number of rotatable bonds is 6. The number of aryl methyl sites for hydroxylation is 4. The van der Waals surface area contributed by atoms with Gasteiger partial charge in [0.2, 0.25) is 0 Å². The van der Waals surface area contributed by atoms with Crippen LogP contribution in [0.3, 0.4) is 0 Å². The zero-order valence-electron chi connectivity index (χ0n) is 15.5. The molecule has 0 fully saturated rings. The molecular weight excluding hydrogens is 316 g/mol. The fourth-order valence-corrected chi connectivity index (χ4v) is 2.79. The molecule has 0 radical (unpaired) electrons. The molecule has 0 N–H and O–H groups in total. The Morgan fingerprint density at radius 2 is 1.84 bits per heavy atom. The van der Waals surface area contributed by atoms with E-state index >= 15 is 0 Å². The molecule has 0 atom stereocenters. The molecule has 0 spiro atoms. The van der Waals surface area contributed by atoms with E-state index < -0.39 is 0 Å². The number of carbonyl (C=O) groups excluding carboxylic acids is 2. The van der Waals surface area contributed by atoms with Crippen molar-refractivity contribution in [2.75, 3.05) is 0 Å². The van der Waals surface area contributed by atoms with Crippen LogP contribution >= 0.6 is 0 Å². The van der Waals surface area contributed by atoms with Gasteiger partial charge in [-0.3, -0.25) is 19.0 Å². The first-order valence-electron chi connectivity index (χ1n) is 8.47. The molecule has 2 aromatic rings. The van der Waals surface area contributed by atoms with E-state index in [9.17, 15) is 9.59 Å². The van der Waals surface area contributed by atoms with Crippen molar-refractivity contribution < 1.29 is 9.59 Å². The van der Waals surface area contributed by atoms with E-state index in [0.717, 1.165) is 17.8 Å². The zero-order chi connectivity index (χ0) is 18.6. The number of hydrogen-bond acceptors (Lipinski definition) is 4. The van der Waals surface area contributed by atoms with Gasteiger partial charge in [-0.15, -0.1) is 0 Å².